The quantitative estimate of drug-likeness (QED) is 0.338. The molecule has 0 unspecified atom stereocenters. The van der Waals surface area contributed by atoms with Crippen LogP contribution in [0.5, 0.6) is 0 Å². The molecule has 1 amide bonds. The zero-order valence-corrected chi connectivity index (χ0v) is 20.4. The molecule has 7 heteroatoms. The number of amides is 1. The zero-order chi connectivity index (χ0) is 21.9. The second-order valence-electron chi connectivity index (χ2n) is 7.99. The van der Waals surface area contributed by atoms with E-state index in [0.717, 1.165) is 59.5 Å². The van der Waals surface area contributed by atoms with Gasteiger partial charge in [-0.2, -0.15) is 0 Å². The summed E-state index contributed by atoms with van der Waals surface area (Å²) >= 11 is 3.45. The molecular weight excluding hydrogens is 502 g/mol. The monoisotopic (exact) mass is 525 g/mol. The molecule has 0 aliphatic carbocycles. The third-order valence-electron chi connectivity index (χ3n) is 5.76. The molecule has 0 saturated carbocycles. The van der Waals surface area contributed by atoms with Crippen LogP contribution in [-0.4, -0.2) is 37.0 Å². The second kappa shape index (κ2) is 10.5. The highest BCUT2D eigenvalue weighted by molar-refractivity contribution is 9.10. The number of nitrogens with zero attached hydrogens (tertiary/aromatic N) is 1. The molecule has 2 N–H and O–H groups in total. The summed E-state index contributed by atoms with van der Waals surface area (Å²) in [5, 5.41) is 7.50. The van der Waals surface area contributed by atoms with Crippen molar-refractivity contribution in [3.63, 3.8) is 0 Å². The predicted molar refractivity (Wildman–Crippen MR) is 139 cm³/mol. The van der Waals surface area contributed by atoms with Gasteiger partial charge in [0, 0.05) is 48.1 Å². The van der Waals surface area contributed by atoms with Gasteiger partial charge in [0.15, 0.2) is 0 Å². The van der Waals surface area contributed by atoms with E-state index in [9.17, 15) is 4.79 Å². The number of carbonyl (C=O) groups excluding carboxylic acids is 1. The Morgan fingerprint density at radius 1 is 1.00 bits per heavy atom. The average Bonchev–Trinajstić information content (AvgIpc) is 3.23. The third kappa shape index (κ3) is 5.31. The van der Waals surface area contributed by atoms with Crippen LogP contribution in [0.4, 0.5) is 5.69 Å². The number of piperazine rings is 1. The van der Waals surface area contributed by atoms with E-state index in [1.165, 1.54) is 5.56 Å². The first-order chi connectivity index (χ1) is 15.7. The van der Waals surface area contributed by atoms with Crippen LogP contribution in [0, 0.1) is 0 Å². The summed E-state index contributed by atoms with van der Waals surface area (Å²) in [6.45, 7) is 5.16. The summed E-state index contributed by atoms with van der Waals surface area (Å²) in [6, 6.07) is 23.6. The molecule has 170 valence electrons. The minimum absolute atomic E-state index is 0. The van der Waals surface area contributed by atoms with E-state index < -0.39 is 0 Å². The summed E-state index contributed by atoms with van der Waals surface area (Å²) < 4.78 is 6.93. The number of hydrogen-bond acceptors (Lipinski definition) is 4. The van der Waals surface area contributed by atoms with Crippen molar-refractivity contribution >= 4 is 50.9 Å². The molecule has 1 aliphatic heterocycles. The fourth-order valence-corrected chi connectivity index (χ4v) is 4.56. The standard InChI is InChI=1S/C26H24BrN3O2.ClH/c27-22-7-3-1-5-20(22)26(31)29-23-8-4-2-6-21(23)25-16-19-15-18(9-10-24(19)32-25)17-30-13-11-28-12-14-30;/h1-10,15-16,28H,11-14,17H2,(H,29,31);1H. The lowest BCUT2D eigenvalue weighted by molar-refractivity contribution is 0.102. The molecule has 33 heavy (non-hydrogen) atoms. The summed E-state index contributed by atoms with van der Waals surface area (Å²) in [5.41, 5.74) is 4.28. The van der Waals surface area contributed by atoms with Crippen LogP contribution in [-0.2, 0) is 6.54 Å². The Balaban J connectivity index is 0.00000259. The molecule has 1 aliphatic rings. The van der Waals surface area contributed by atoms with Crippen LogP contribution in [0.2, 0.25) is 0 Å². The Labute approximate surface area is 207 Å². The van der Waals surface area contributed by atoms with Crippen molar-refractivity contribution in [2.75, 3.05) is 31.5 Å². The van der Waals surface area contributed by atoms with E-state index in [1.807, 2.05) is 48.5 Å². The van der Waals surface area contributed by atoms with Crippen LogP contribution in [0.3, 0.4) is 0 Å². The number of rotatable bonds is 5. The van der Waals surface area contributed by atoms with Crippen molar-refractivity contribution in [1.29, 1.82) is 0 Å². The molecule has 0 bridgehead atoms. The molecule has 0 radical (unpaired) electrons. The number of halogens is 2. The Hall–Kier alpha value is -2.64. The predicted octanol–water partition coefficient (Wildman–Crippen LogP) is 5.94. The summed E-state index contributed by atoms with van der Waals surface area (Å²) in [6.07, 6.45) is 0. The fraction of sp³-hybridized carbons (Fsp3) is 0.192. The molecule has 3 aromatic carbocycles. The number of anilines is 1. The molecule has 5 nitrogen and oxygen atoms in total. The van der Waals surface area contributed by atoms with Gasteiger partial charge in [0.1, 0.15) is 11.3 Å². The molecule has 2 heterocycles. The lowest BCUT2D eigenvalue weighted by Crippen LogP contribution is -2.42. The van der Waals surface area contributed by atoms with E-state index in [4.69, 9.17) is 4.42 Å². The van der Waals surface area contributed by atoms with Crippen molar-refractivity contribution in [3.05, 3.63) is 88.4 Å². The van der Waals surface area contributed by atoms with Crippen molar-refractivity contribution < 1.29 is 9.21 Å². The van der Waals surface area contributed by atoms with E-state index in [1.54, 1.807) is 6.07 Å². The maximum absolute atomic E-state index is 12.8. The lowest BCUT2D eigenvalue weighted by Gasteiger charge is -2.27. The number of nitrogens with one attached hydrogen (secondary N) is 2. The van der Waals surface area contributed by atoms with Crippen molar-refractivity contribution in [2.24, 2.45) is 0 Å². The first-order valence-electron chi connectivity index (χ1n) is 10.8. The minimum Gasteiger partial charge on any atom is -0.456 e. The van der Waals surface area contributed by atoms with Crippen LogP contribution >= 0.6 is 28.3 Å². The number of hydrogen-bond donors (Lipinski definition) is 2. The van der Waals surface area contributed by atoms with E-state index in [-0.39, 0.29) is 18.3 Å². The van der Waals surface area contributed by atoms with Gasteiger partial charge in [0.05, 0.1) is 11.3 Å². The first kappa shape index (κ1) is 23.5. The molecular formula is C26H25BrClN3O2. The molecule has 0 atom stereocenters. The average molecular weight is 527 g/mol. The van der Waals surface area contributed by atoms with Gasteiger partial charge in [-0.1, -0.05) is 30.3 Å². The molecule has 4 aromatic rings. The first-order valence-corrected chi connectivity index (χ1v) is 11.6. The van der Waals surface area contributed by atoms with Gasteiger partial charge in [0.25, 0.3) is 5.91 Å². The van der Waals surface area contributed by atoms with Crippen LogP contribution in [0.15, 0.2) is 81.7 Å². The summed E-state index contributed by atoms with van der Waals surface area (Å²) in [4.78, 5) is 15.3. The topological polar surface area (TPSA) is 57.5 Å². The highest BCUT2D eigenvalue weighted by Gasteiger charge is 2.16. The van der Waals surface area contributed by atoms with E-state index in [0.29, 0.717) is 11.3 Å². The fourth-order valence-electron chi connectivity index (χ4n) is 4.09. The third-order valence-corrected chi connectivity index (χ3v) is 6.45. The van der Waals surface area contributed by atoms with Crippen LogP contribution in [0.25, 0.3) is 22.3 Å². The zero-order valence-electron chi connectivity index (χ0n) is 18.0. The van der Waals surface area contributed by atoms with Gasteiger partial charge in [-0.15, -0.1) is 12.4 Å². The molecule has 0 spiro atoms. The molecule has 5 rings (SSSR count). The van der Waals surface area contributed by atoms with Crippen molar-refractivity contribution in [3.8, 4) is 11.3 Å². The van der Waals surface area contributed by atoms with Gasteiger partial charge in [-0.05, 0) is 64.0 Å². The normalized spacial score (nSPS) is 14.1. The van der Waals surface area contributed by atoms with Gasteiger partial charge in [-0.25, -0.2) is 0 Å². The number of para-hydroxylation sites is 1. The van der Waals surface area contributed by atoms with Gasteiger partial charge >= 0.3 is 0 Å². The second-order valence-corrected chi connectivity index (χ2v) is 8.84. The Morgan fingerprint density at radius 3 is 2.58 bits per heavy atom. The van der Waals surface area contributed by atoms with Gasteiger partial charge < -0.3 is 15.1 Å². The largest absolute Gasteiger partial charge is 0.456 e. The number of carbonyl (C=O) groups is 1. The van der Waals surface area contributed by atoms with Crippen molar-refractivity contribution in [1.82, 2.24) is 10.2 Å². The maximum Gasteiger partial charge on any atom is 0.256 e. The number of fused-ring (bicyclic) bond motifs is 1. The van der Waals surface area contributed by atoms with Crippen LogP contribution < -0.4 is 10.6 Å². The highest BCUT2D eigenvalue weighted by atomic mass is 79.9. The Bertz CT molecular complexity index is 1270. The Morgan fingerprint density at radius 2 is 1.76 bits per heavy atom. The highest BCUT2D eigenvalue weighted by Crippen LogP contribution is 2.34. The SMILES string of the molecule is Cl.O=C(Nc1ccccc1-c1cc2cc(CN3CCNCC3)ccc2o1)c1ccccc1Br. The summed E-state index contributed by atoms with van der Waals surface area (Å²) in [7, 11) is 0. The molecule has 1 aromatic heterocycles. The molecule has 1 fully saturated rings. The molecule has 1 saturated heterocycles. The van der Waals surface area contributed by atoms with Gasteiger partial charge in [-0.3, -0.25) is 9.69 Å². The van der Waals surface area contributed by atoms with E-state index >= 15 is 0 Å². The minimum atomic E-state index is -0.167. The smallest absolute Gasteiger partial charge is 0.256 e. The Kier molecular flexibility index (Phi) is 7.50. The van der Waals surface area contributed by atoms with Gasteiger partial charge in [0.2, 0.25) is 0 Å². The van der Waals surface area contributed by atoms with Crippen molar-refractivity contribution in [2.45, 2.75) is 6.54 Å². The summed E-state index contributed by atoms with van der Waals surface area (Å²) in [5.74, 6) is 0.571. The lowest BCUT2D eigenvalue weighted by atomic mass is 10.1. The maximum atomic E-state index is 12.8. The number of benzene rings is 3. The van der Waals surface area contributed by atoms with E-state index in [2.05, 4.69) is 49.7 Å². The number of furan rings is 1. The van der Waals surface area contributed by atoms with Crippen LogP contribution in [0.1, 0.15) is 15.9 Å².